The highest BCUT2D eigenvalue weighted by atomic mass is 35.5. The van der Waals surface area contributed by atoms with Gasteiger partial charge in [-0.3, -0.25) is 4.79 Å². The van der Waals surface area contributed by atoms with Crippen molar-refractivity contribution in [3.8, 4) is 5.75 Å². The van der Waals surface area contributed by atoms with Crippen molar-refractivity contribution in [1.29, 1.82) is 0 Å². The summed E-state index contributed by atoms with van der Waals surface area (Å²) in [4.78, 5) is 12.7. The maximum Gasteiger partial charge on any atom is 0.259 e. The molecule has 0 atom stereocenters. The number of rotatable bonds is 5. The molecule has 3 rings (SSSR count). The van der Waals surface area contributed by atoms with Crippen molar-refractivity contribution in [1.82, 2.24) is 5.16 Å². The summed E-state index contributed by atoms with van der Waals surface area (Å²) in [6.07, 6.45) is 0. The fraction of sp³-hybridized carbons (Fsp3) is 0.158. The van der Waals surface area contributed by atoms with Gasteiger partial charge in [0.2, 0.25) is 0 Å². The molecule has 2 aromatic carbocycles. The van der Waals surface area contributed by atoms with E-state index in [2.05, 4.69) is 10.5 Å². The van der Waals surface area contributed by atoms with Gasteiger partial charge in [0, 0.05) is 5.69 Å². The van der Waals surface area contributed by atoms with Crippen LogP contribution >= 0.6 is 23.2 Å². The SMILES string of the molecule is Cc1noc(C)c1COc1ccccc1C(=O)Nc1cc(Cl)c(N)c(Cl)c1. The number of nitrogens with zero attached hydrogens (tertiary/aromatic N) is 1. The van der Waals surface area contributed by atoms with Crippen LogP contribution in [0.25, 0.3) is 0 Å². The first-order chi connectivity index (χ1) is 12.9. The lowest BCUT2D eigenvalue weighted by Gasteiger charge is -2.12. The molecule has 0 saturated heterocycles. The topological polar surface area (TPSA) is 90.4 Å². The quantitative estimate of drug-likeness (QED) is 0.582. The molecule has 0 spiro atoms. The Kier molecular flexibility index (Phi) is 5.58. The van der Waals surface area contributed by atoms with Gasteiger partial charge in [0.1, 0.15) is 18.1 Å². The van der Waals surface area contributed by atoms with Crippen LogP contribution in [0.4, 0.5) is 11.4 Å². The van der Waals surface area contributed by atoms with E-state index in [1.807, 2.05) is 13.8 Å². The minimum Gasteiger partial charge on any atom is -0.488 e. The maximum atomic E-state index is 12.7. The van der Waals surface area contributed by atoms with E-state index in [0.29, 0.717) is 22.8 Å². The maximum absolute atomic E-state index is 12.7. The number of amides is 1. The van der Waals surface area contributed by atoms with Crippen LogP contribution in [0.2, 0.25) is 10.0 Å². The third-order valence-corrected chi connectivity index (χ3v) is 4.65. The lowest BCUT2D eigenvalue weighted by Crippen LogP contribution is -2.14. The molecular weight excluding hydrogens is 389 g/mol. The third kappa shape index (κ3) is 4.18. The van der Waals surface area contributed by atoms with Gasteiger partial charge < -0.3 is 20.3 Å². The fourth-order valence-corrected chi connectivity index (χ4v) is 2.98. The molecule has 0 saturated carbocycles. The summed E-state index contributed by atoms with van der Waals surface area (Å²) in [5.41, 5.74) is 8.38. The molecular formula is C19H17Cl2N3O3. The minimum atomic E-state index is -0.360. The number of nitrogens with one attached hydrogen (secondary N) is 1. The molecule has 8 heteroatoms. The summed E-state index contributed by atoms with van der Waals surface area (Å²) >= 11 is 12.0. The summed E-state index contributed by atoms with van der Waals surface area (Å²) < 4.78 is 11.0. The highest BCUT2D eigenvalue weighted by Crippen LogP contribution is 2.31. The summed E-state index contributed by atoms with van der Waals surface area (Å²) in [7, 11) is 0. The molecule has 3 N–H and O–H groups in total. The summed E-state index contributed by atoms with van der Waals surface area (Å²) in [6.45, 7) is 3.89. The largest absolute Gasteiger partial charge is 0.488 e. The van der Waals surface area contributed by atoms with Crippen molar-refractivity contribution in [3.05, 3.63) is 69.0 Å². The second-order valence-electron chi connectivity index (χ2n) is 5.90. The highest BCUT2D eigenvalue weighted by Gasteiger charge is 2.16. The number of hydrogen-bond acceptors (Lipinski definition) is 5. The van der Waals surface area contributed by atoms with Crippen molar-refractivity contribution in [2.45, 2.75) is 20.5 Å². The molecule has 0 aliphatic carbocycles. The zero-order valence-corrected chi connectivity index (χ0v) is 16.2. The van der Waals surface area contributed by atoms with Gasteiger partial charge >= 0.3 is 0 Å². The van der Waals surface area contributed by atoms with E-state index in [1.54, 1.807) is 24.3 Å². The first kappa shape index (κ1) is 19.1. The number of anilines is 2. The lowest BCUT2D eigenvalue weighted by molar-refractivity contribution is 0.102. The van der Waals surface area contributed by atoms with Crippen LogP contribution in [0.1, 0.15) is 27.4 Å². The van der Waals surface area contributed by atoms with Crippen LogP contribution in [-0.4, -0.2) is 11.1 Å². The Labute approximate surface area is 166 Å². The predicted molar refractivity (Wildman–Crippen MR) is 106 cm³/mol. The normalized spacial score (nSPS) is 10.7. The molecule has 3 aromatic rings. The monoisotopic (exact) mass is 405 g/mol. The summed E-state index contributed by atoms with van der Waals surface area (Å²) in [6, 6.07) is 9.99. The van der Waals surface area contributed by atoms with Crippen molar-refractivity contribution >= 4 is 40.5 Å². The van der Waals surface area contributed by atoms with Crippen LogP contribution in [0.15, 0.2) is 40.9 Å². The average Bonchev–Trinajstić information content (AvgIpc) is 2.96. The number of para-hydroxylation sites is 1. The second-order valence-corrected chi connectivity index (χ2v) is 6.71. The number of ether oxygens (including phenoxy) is 1. The Morgan fingerprint density at radius 3 is 2.52 bits per heavy atom. The van der Waals surface area contributed by atoms with Crippen molar-refractivity contribution in [2.24, 2.45) is 0 Å². The van der Waals surface area contributed by atoms with E-state index in [0.717, 1.165) is 11.3 Å². The highest BCUT2D eigenvalue weighted by molar-refractivity contribution is 6.39. The Morgan fingerprint density at radius 1 is 1.22 bits per heavy atom. The van der Waals surface area contributed by atoms with Gasteiger partial charge in [-0.15, -0.1) is 0 Å². The molecule has 0 fully saturated rings. The van der Waals surface area contributed by atoms with Gasteiger partial charge in [-0.05, 0) is 38.1 Å². The number of aromatic nitrogens is 1. The standard InChI is InChI=1S/C19H17Cl2N3O3/c1-10-14(11(2)27-24-10)9-26-17-6-4-3-5-13(17)19(25)23-12-7-15(20)18(22)16(21)8-12/h3-8H,9,22H2,1-2H3,(H,23,25). The molecule has 1 aromatic heterocycles. The van der Waals surface area contributed by atoms with Crippen molar-refractivity contribution in [3.63, 3.8) is 0 Å². The first-order valence-corrected chi connectivity index (χ1v) is 8.82. The van der Waals surface area contributed by atoms with Crippen LogP contribution in [0, 0.1) is 13.8 Å². The molecule has 1 heterocycles. The Hall–Kier alpha value is -2.70. The van der Waals surface area contributed by atoms with Gasteiger partial charge in [-0.2, -0.15) is 0 Å². The van der Waals surface area contributed by atoms with Gasteiger partial charge in [0.05, 0.1) is 32.6 Å². The number of hydrogen-bond donors (Lipinski definition) is 2. The lowest BCUT2D eigenvalue weighted by atomic mass is 10.1. The van der Waals surface area contributed by atoms with Crippen molar-refractivity contribution < 1.29 is 14.1 Å². The number of nitrogen functional groups attached to an aromatic ring is 1. The zero-order chi connectivity index (χ0) is 19.6. The molecule has 0 bridgehead atoms. The van der Waals surface area contributed by atoms with Gasteiger partial charge in [0.15, 0.2) is 0 Å². The zero-order valence-electron chi connectivity index (χ0n) is 14.7. The smallest absolute Gasteiger partial charge is 0.259 e. The van der Waals surface area contributed by atoms with E-state index < -0.39 is 0 Å². The van der Waals surface area contributed by atoms with E-state index in [1.165, 1.54) is 12.1 Å². The molecule has 140 valence electrons. The number of carbonyl (C=O) groups excluding carboxylic acids is 1. The van der Waals surface area contributed by atoms with Crippen molar-refractivity contribution in [2.75, 3.05) is 11.1 Å². The van der Waals surface area contributed by atoms with Gasteiger partial charge in [-0.1, -0.05) is 40.5 Å². The molecule has 1 amide bonds. The minimum absolute atomic E-state index is 0.241. The Balaban J connectivity index is 1.80. The van der Waals surface area contributed by atoms with E-state index >= 15 is 0 Å². The molecule has 6 nitrogen and oxygen atoms in total. The molecule has 27 heavy (non-hydrogen) atoms. The average molecular weight is 406 g/mol. The van der Waals surface area contributed by atoms with Gasteiger partial charge in [0.25, 0.3) is 5.91 Å². The third-order valence-electron chi connectivity index (χ3n) is 4.02. The number of benzene rings is 2. The second kappa shape index (κ2) is 7.90. The van der Waals surface area contributed by atoms with E-state index in [-0.39, 0.29) is 28.2 Å². The van der Waals surface area contributed by atoms with E-state index in [9.17, 15) is 4.79 Å². The first-order valence-electron chi connectivity index (χ1n) is 8.06. The fourth-order valence-electron chi connectivity index (χ4n) is 2.49. The van der Waals surface area contributed by atoms with Crippen LogP contribution in [0.5, 0.6) is 5.75 Å². The number of halogens is 2. The van der Waals surface area contributed by atoms with Crippen LogP contribution in [-0.2, 0) is 6.61 Å². The van der Waals surface area contributed by atoms with Crippen LogP contribution in [0.3, 0.4) is 0 Å². The molecule has 0 aliphatic rings. The molecule has 0 unspecified atom stereocenters. The predicted octanol–water partition coefficient (Wildman–Crippen LogP) is 5.01. The molecule has 0 aliphatic heterocycles. The summed E-state index contributed by atoms with van der Waals surface area (Å²) in [5.74, 6) is 0.754. The molecule has 0 radical (unpaired) electrons. The Morgan fingerprint density at radius 2 is 1.89 bits per heavy atom. The number of aryl methyl sites for hydroxylation is 2. The van der Waals surface area contributed by atoms with Crippen LogP contribution < -0.4 is 15.8 Å². The Bertz CT molecular complexity index is 959. The van der Waals surface area contributed by atoms with E-state index in [4.69, 9.17) is 38.2 Å². The van der Waals surface area contributed by atoms with Gasteiger partial charge in [-0.25, -0.2) is 0 Å². The number of carbonyl (C=O) groups is 1. The summed E-state index contributed by atoms with van der Waals surface area (Å²) in [5, 5.41) is 7.17. The number of nitrogens with two attached hydrogens (primary N) is 1.